The lowest BCUT2D eigenvalue weighted by molar-refractivity contribution is 0.0699. The fraction of sp³-hybridized carbons (Fsp3) is 0.333. The Balaban J connectivity index is 1.68. The molecule has 0 saturated carbocycles. The van der Waals surface area contributed by atoms with E-state index in [0.29, 0.717) is 22.3 Å². The molecule has 1 fully saturated rings. The van der Waals surface area contributed by atoms with Crippen LogP contribution in [0.4, 0.5) is 11.5 Å². The normalized spacial score (nSPS) is 15.1. The minimum absolute atomic E-state index is 0.0977. The molecule has 8 nitrogen and oxygen atoms in total. The molecular weight excluding hydrogens is 440 g/mol. The molecule has 2 N–H and O–H groups in total. The van der Waals surface area contributed by atoms with Crippen molar-refractivity contribution in [2.24, 2.45) is 0 Å². The van der Waals surface area contributed by atoms with Crippen molar-refractivity contribution in [1.29, 1.82) is 0 Å². The van der Waals surface area contributed by atoms with Crippen molar-refractivity contribution in [1.82, 2.24) is 9.88 Å². The molecule has 1 aromatic heterocycles. The van der Waals surface area contributed by atoms with E-state index in [-0.39, 0.29) is 16.1 Å². The summed E-state index contributed by atoms with van der Waals surface area (Å²) >= 11 is 0. The number of aryl methyl sites for hydroxylation is 2. The number of benzene rings is 2. The Bertz CT molecular complexity index is 1320. The molecule has 2 aromatic carbocycles. The summed E-state index contributed by atoms with van der Waals surface area (Å²) in [6.45, 7) is 10.1. The van der Waals surface area contributed by atoms with Gasteiger partial charge in [0.25, 0.3) is 10.0 Å². The Labute approximate surface area is 193 Å². The molecule has 1 aliphatic heterocycles. The number of hydrogen-bond acceptors (Lipinski definition) is 6. The van der Waals surface area contributed by atoms with Gasteiger partial charge in [0.15, 0.2) is 0 Å². The maximum absolute atomic E-state index is 12.9. The van der Waals surface area contributed by atoms with E-state index < -0.39 is 16.0 Å². The van der Waals surface area contributed by atoms with E-state index >= 15 is 0 Å². The lowest BCUT2D eigenvalue weighted by Gasteiger charge is -2.35. The molecule has 1 saturated heterocycles. The van der Waals surface area contributed by atoms with Crippen LogP contribution in [-0.2, 0) is 10.0 Å². The zero-order valence-corrected chi connectivity index (χ0v) is 19.8. The van der Waals surface area contributed by atoms with Crippen LogP contribution in [0.3, 0.4) is 0 Å². The fourth-order valence-corrected chi connectivity index (χ4v) is 5.50. The molecule has 9 heteroatoms. The summed E-state index contributed by atoms with van der Waals surface area (Å²) in [6, 6.07) is 11.5. The summed E-state index contributed by atoms with van der Waals surface area (Å²) in [5, 5.41) is 10.2. The van der Waals surface area contributed by atoms with Crippen molar-refractivity contribution in [3.8, 4) is 0 Å². The number of sulfonamides is 1. The van der Waals surface area contributed by atoms with E-state index in [0.717, 1.165) is 38.3 Å². The van der Waals surface area contributed by atoms with Crippen LogP contribution < -0.4 is 9.62 Å². The second-order valence-electron chi connectivity index (χ2n) is 8.36. The number of anilines is 2. The summed E-state index contributed by atoms with van der Waals surface area (Å²) in [7, 11) is -3.83. The smallest absolute Gasteiger partial charge is 0.336 e. The first-order valence-corrected chi connectivity index (χ1v) is 12.4. The summed E-state index contributed by atoms with van der Waals surface area (Å²) in [4.78, 5) is 21.3. The number of aromatic carboxylic acids is 1. The number of carboxylic acid groups (broad SMARTS) is 1. The third kappa shape index (κ3) is 4.79. The average molecular weight is 469 g/mol. The molecule has 0 spiro atoms. The lowest BCUT2D eigenvalue weighted by atomic mass is 10.1. The number of fused-ring (bicyclic) bond motifs is 1. The lowest BCUT2D eigenvalue weighted by Crippen LogP contribution is -2.46. The zero-order chi connectivity index (χ0) is 23.8. The van der Waals surface area contributed by atoms with Crippen molar-refractivity contribution in [2.75, 3.05) is 42.3 Å². The maximum Gasteiger partial charge on any atom is 0.336 e. The third-order valence-electron chi connectivity index (χ3n) is 6.04. The fourth-order valence-electron chi connectivity index (χ4n) is 4.22. The number of nitrogens with zero attached hydrogens (tertiary/aromatic N) is 3. The van der Waals surface area contributed by atoms with Gasteiger partial charge in [-0.1, -0.05) is 24.6 Å². The molecule has 1 aliphatic rings. The first-order chi connectivity index (χ1) is 15.7. The number of rotatable bonds is 6. The molecule has 0 aliphatic carbocycles. The highest BCUT2D eigenvalue weighted by atomic mass is 32.2. The summed E-state index contributed by atoms with van der Waals surface area (Å²) in [5.41, 5.74) is 2.51. The van der Waals surface area contributed by atoms with Gasteiger partial charge in [0.1, 0.15) is 5.82 Å². The van der Waals surface area contributed by atoms with Crippen molar-refractivity contribution >= 4 is 38.4 Å². The predicted molar refractivity (Wildman–Crippen MR) is 130 cm³/mol. The number of carbonyl (C=O) groups is 1. The number of aromatic nitrogens is 1. The topological polar surface area (TPSA) is 103 Å². The van der Waals surface area contributed by atoms with Crippen LogP contribution in [0.15, 0.2) is 47.4 Å². The molecular formula is C24H28N4O4S. The van der Waals surface area contributed by atoms with Crippen LogP contribution in [0.5, 0.6) is 0 Å². The Hall–Kier alpha value is -3.17. The van der Waals surface area contributed by atoms with Gasteiger partial charge in [0.05, 0.1) is 16.0 Å². The number of carboxylic acids is 1. The highest BCUT2D eigenvalue weighted by molar-refractivity contribution is 7.92. The monoisotopic (exact) mass is 468 g/mol. The van der Waals surface area contributed by atoms with Gasteiger partial charge in [-0.25, -0.2) is 18.2 Å². The Morgan fingerprint density at radius 1 is 1.06 bits per heavy atom. The van der Waals surface area contributed by atoms with Crippen LogP contribution in [0.25, 0.3) is 10.9 Å². The molecule has 33 heavy (non-hydrogen) atoms. The van der Waals surface area contributed by atoms with Crippen molar-refractivity contribution < 1.29 is 18.3 Å². The quantitative estimate of drug-likeness (QED) is 0.571. The molecule has 3 aromatic rings. The molecule has 0 radical (unpaired) electrons. The average Bonchev–Trinajstić information content (AvgIpc) is 2.77. The van der Waals surface area contributed by atoms with Crippen LogP contribution in [-0.4, -0.2) is 62.1 Å². The number of nitrogens with one attached hydrogen (secondary N) is 1. The largest absolute Gasteiger partial charge is 0.478 e. The first kappa shape index (κ1) is 23.0. The Morgan fingerprint density at radius 3 is 2.42 bits per heavy atom. The number of pyridine rings is 1. The maximum atomic E-state index is 12.9. The molecule has 0 atom stereocenters. The summed E-state index contributed by atoms with van der Waals surface area (Å²) in [5.74, 6) is -0.454. The minimum atomic E-state index is -3.83. The standard InChI is InChI=1S/C24H28N4O4S/c1-4-27-9-11-28(12-10-27)23-15-20(24(29)30)19-14-18(6-7-21(19)25-23)26-33(31,32)22-8-5-16(2)13-17(22)3/h5-8,13-15,26H,4,9-12H2,1-3H3,(H,29,30). The van der Waals surface area contributed by atoms with E-state index in [1.165, 1.54) is 6.07 Å². The van der Waals surface area contributed by atoms with Gasteiger partial charge < -0.3 is 14.9 Å². The van der Waals surface area contributed by atoms with E-state index in [4.69, 9.17) is 0 Å². The van der Waals surface area contributed by atoms with Gasteiger partial charge in [-0.3, -0.25) is 4.72 Å². The van der Waals surface area contributed by atoms with Gasteiger partial charge in [0, 0.05) is 37.3 Å². The second-order valence-corrected chi connectivity index (χ2v) is 10.0. The minimum Gasteiger partial charge on any atom is -0.478 e. The number of hydrogen-bond donors (Lipinski definition) is 2. The SMILES string of the molecule is CCN1CCN(c2cc(C(=O)O)c3cc(NS(=O)(=O)c4ccc(C)cc4C)ccc3n2)CC1. The molecule has 0 bridgehead atoms. The molecule has 0 amide bonds. The van der Waals surface area contributed by atoms with Crippen LogP contribution in [0.2, 0.25) is 0 Å². The second kappa shape index (κ2) is 8.99. The highest BCUT2D eigenvalue weighted by Crippen LogP contribution is 2.28. The van der Waals surface area contributed by atoms with E-state index in [1.54, 1.807) is 37.3 Å². The van der Waals surface area contributed by atoms with Gasteiger partial charge >= 0.3 is 5.97 Å². The van der Waals surface area contributed by atoms with E-state index in [1.807, 2.05) is 13.0 Å². The van der Waals surface area contributed by atoms with Gasteiger partial charge in [0.2, 0.25) is 0 Å². The van der Waals surface area contributed by atoms with Gasteiger partial charge in [-0.2, -0.15) is 0 Å². The van der Waals surface area contributed by atoms with Crippen molar-refractivity contribution in [2.45, 2.75) is 25.7 Å². The molecule has 4 rings (SSSR count). The summed E-state index contributed by atoms with van der Waals surface area (Å²) < 4.78 is 28.5. The Kier molecular flexibility index (Phi) is 6.27. The highest BCUT2D eigenvalue weighted by Gasteiger charge is 2.21. The van der Waals surface area contributed by atoms with Gasteiger partial charge in [-0.15, -0.1) is 0 Å². The number of likely N-dealkylation sites (N-methyl/N-ethyl adjacent to an activating group) is 1. The number of piperazine rings is 1. The van der Waals surface area contributed by atoms with Crippen molar-refractivity contribution in [3.05, 3.63) is 59.2 Å². The summed E-state index contributed by atoms with van der Waals surface area (Å²) in [6.07, 6.45) is 0. The van der Waals surface area contributed by atoms with E-state index in [2.05, 4.69) is 26.4 Å². The van der Waals surface area contributed by atoms with E-state index in [9.17, 15) is 18.3 Å². The molecule has 174 valence electrons. The predicted octanol–water partition coefficient (Wildman–Crippen LogP) is 3.49. The zero-order valence-electron chi connectivity index (χ0n) is 19.0. The Morgan fingerprint density at radius 2 is 1.79 bits per heavy atom. The molecule has 0 unspecified atom stereocenters. The first-order valence-electron chi connectivity index (χ1n) is 10.9. The van der Waals surface area contributed by atoms with Crippen LogP contribution in [0.1, 0.15) is 28.4 Å². The van der Waals surface area contributed by atoms with Crippen LogP contribution >= 0.6 is 0 Å². The van der Waals surface area contributed by atoms with Crippen molar-refractivity contribution in [3.63, 3.8) is 0 Å². The van der Waals surface area contributed by atoms with Gasteiger partial charge in [-0.05, 0) is 56.3 Å². The third-order valence-corrected chi connectivity index (χ3v) is 7.58. The van der Waals surface area contributed by atoms with Crippen LogP contribution in [0, 0.1) is 13.8 Å². The molecule has 2 heterocycles.